The van der Waals surface area contributed by atoms with Crippen LogP contribution in [0.1, 0.15) is 25.6 Å². The summed E-state index contributed by atoms with van der Waals surface area (Å²) in [5.74, 6) is 1.84. The fourth-order valence-corrected chi connectivity index (χ4v) is 1.28. The maximum absolute atomic E-state index is 5.24. The molecule has 0 aromatic carbocycles. The molecule has 19 heavy (non-hydrogen) atoms. The lowest BCUT2D eigenvalue weighted by molar-refractivity contribution is 0.152. The van der Waals surface area contributed by atoms with Crippen molar-refractivity contribution in [2.75, 3.05) is 26.3 Å². The normalized spacial score (nSPS) is 11.0. The summed E-state index contributed by atoms with van der Waals surface area (Å²) in [5, 5.41) is 10.00. The summed E-state index contributed by atoms with van der Waals surface area (Å²) in [5.41, 5.74) is 0. The fourth-order valence-electron chi connectivity index (χ4n) is 1.28. The van der Waals surface area contributed by atoms with Gasteiger partial charge in [0.2, 0.25) is 5.89 Å². The number of hydrogen-bond donors (Lipinski definition) is 2. The van der Waals surface area contributed by atoms with Gasteiger partial charge >= 0.3 is 0 Å². The van der Waals surface area contributed by atoms with E-state index in [4.69, 9.17) is 9.26 Å². The van der Waals surface area contributed by atoms with E-state index in [0.717, 1.165) is 13.2 Å². The topological polar surface area (TPSA) is 84.6 Å². The largest absolute Gasteiger partial charge is 0.380 e. The highest BCUT2D eigenvalue weighted by Gasteiger charge is 2.02. The van der Waals surface area contributed by atoms with Crippen LogP contribution in [0.4, 0.5) is 0 Å². The fraction of sp³-hybridized carbons (Fsp3) is 0.727. The van der Waals surface area contributed by atoms with Crippen LogP contribution < -0.4 is 10.6 Å². The molecule has 7 nitrogen and oxygen atoms in total. The summed E-state index contributed by atoms with van der Waals surface area (Å²) in [6, 6.07) is 0. The van der Waals surface area contributed by atoms with Crippen LogP contribution in [0.3, 0.4) is 0 Å². The van der Waals surface area contributed by atoms with Crippen LogP contribution >= 0.6 is 24.0 Å². The number of nitrogens with one attached hydrogen (secondary N) is 2. The molecular weight excluding hydrogens is 361 g/mol. The average molecular weight is 383 g/mol. The first-order valence-electron chi connectivity index (χ1n) is 6.15. The molecule has 0 fully saturated rings. The minimum atomic E-state index is 0. The van der Waals surface area contributed by atoms with Crippen molar-refractivity contribution in [3.8, 4) is 0 Å². The molecule has 1 aromatic rings. The number of rotatable bonds is 7. The summed E-state index contributed by atoms with van der Waals surface area (Å²) < 4.78 is 10.2. The summed E-state index contributed by atoms with van der Waals surface area (Å²) >= 11 is 0. The van der Waals surface area contributed by atoms with E-state index >= 15 is 0 Å². The summed E-state index contributed by atoms with van der Waals surface area (Å²) in [4.78, 5) is 8.42. The molecular formula is C11H22IN5O2. The maximum Gasteiger partial charge on any atom is 0.248 e. The Bertz CT molecular complexity index is 370. The van der Waals surface area contributed by atoms with Gasteiger partial charge in [-0.3, -0.25) is 0 Å². The quantitative estimate of drug-likeness (QED) is 0.317. The molecule has 0 saturated carbocycles. The van der Waals surface area contributed by atoms with E-state index in [2.05, 4.69) is 25.8 Å². The molecule has 8 heteroatoms. The van der Waals surface area contributed by atoms with Crippen molar-refractivity contribution < 1.29 is 9.26 Å². The zero-order chi connectivity index (χ0) is 13.2. The van der Waals surface area contributed by atoms with Crippen LogP contribution in [-0.4, -0.2) is 42.4 Å². The number of ether oxygens (including phenoxy) is 1. The monoisotopic (exact) mass is 383 g/mol. The number of aryl methyl sites for hydroxylation is 1. The Balaban J connectivity index is 0.00000324. The number of aliphatic imine (C=N–C) groups is 1. The second-order valence-corrected chi connectivity index (χ2v) is 3.55. The molecule has 1 rings (SSSR count). The average Bonchev–Trinajstić information content (AvgIpc) is 2.77. The highest BCUT2D eigenvalue weighted by Crippen LogP contribution is 1.97. The molecule has 2 N–H and O–H groups in total. The van der Waals surface area contributed by atoms with Gasteiger partial charge in [-0.05, 0) is 20.8 Å². The van der Waals surface area contributed by atoms with Crippen LogP contribution in [-0.2, 0) is 11.3 Å². The Hall–Kier alpha value is -0.900. The molecule has 110 valence electrons. The van der Waals surface area contributed by atoms with Gasteiger partial charge in [0.1, 0.15) is 6.54 Å². The van der Waals surface area contributed by atoms with Gasteiger partial charge in [0.25, 0.3) is 0 Å². The van der Waals surface area contributed by atoms with Crippen molar-refractivity contribution in [2.24, 2.45) is 4.99 Å². The summed E-state index contributed by atoms with van der Waals surface area (Å²) in [7, 11) is 0. The molecule has 1 heterocycles. The number of guanidine groups is 1. The molecule has 1 aromatic heterocycles. The Morgan fingerprint density at radius 1 is 1.37 bits per heavy atom. The number of hydrogen-bond acceptors (Lipinski definition) is 5. The Kier molecular flexibility index (Phi) is 10.5. The summed E-state index contributed by atoms with van der Waals surface area (Å²) in [6.45, 7) is 9.00. The third-order valence-electron chi connectivity index (χ3n) is 2.03. The van der Waals surface area contributed by atoms with E-state index in [1.807, 2.05) is 13.8 Å². The van der Waals surface area contributed by atoms with E-state index in [1.54, 1.807) is 6.92 Å². The lowest BCUT2D eigenvalue weighted by atomic mass is 10.6. The lowest BCUT2D eigenvalue weighted by Crippen LogP contribution is -2.39. The minimum absolute atomic E-state index is 0. The van der Waals surface area contributed by atoms with Gasteiger partial charge in [-0.15, -0.1) is 24.0 Å². The molecule has 0 bridgehead atoms. The van der Waals surface area contributed by atoms with E-state index in [9.17, 15) is 0 Å². The van der Waals surface area contributed by atoms with Crippen molar-refractivity contribution in [3.63, 3.8) is 0 Å². The van der Waals surface area contributed by atoms with E-state index in [0.29, 0.717) is 37.4 Å². The van der Waals surface area contributed by atoms with Crippen molar-refractivity contribution >= 4 is 29.9 Å². The SMILES string of the molecule is CCNC(=NCc1nc(C)no1)NCCOCC.I. The first-order chi connectivity index (χ1) is 8.76. The highest BCUT2D eigenvalue weighted by molar-refractivity contribution is 14.0. The van der Waals surface area contributed by atoms with Gasteiger partial charge in [0, 0.05) is 19.7 Å². The minimum Gasteiger partial charge on any atom is -0.380 e. The van der Waals surface area contributed by atoms with E-state index in [1.165, 1.54) is 0 Å². The first-order valence-corrected chi connectivity index (χ1v) is 6.15. The molecule has 0 aliphatic carbocycles. The van der Waals surface area contributed by atoms with Crippen LogP contribution in [0, 0.1) is 6.92 Å². The molecule has 0 aliphatic rings. The van der Waals surface area contributed by atoms with Crippen molar-refractivity contribution in [2.45, 2.75) is 27.3 Å². The lowest BCUT2D eigenvalue weighted by Gasteiger charge is -2.10. The number of aromatic nitrogens is 2. The second kappa shape index (κ2) is 11.0. The van der Waals surface area contributed by atoms with Gasteiger partial charge < -0.3 is 19.9 Å². The first kappa shape index (κ1) is 18.1. The Morgan fingerprint density at radius 2 is 2.16 bits per heavy atom. The summed E-state index contributed by atoms with van der Waals surface area (Å²) in [6.07, 6.45) is 0. The number of halogens is 1. The molecule has 0 aliphatic heterocycles. The van der Waals surface area contributed by atoms with Gasteiger partial charge in [-0.2, -0.15) is 4.98 Å². The third kappa shape index (κ3) is 7.98. The Morgan fingerprint density at radius 3 is 2.74 bits per heavy atom. The maximum atomic E-state index is 5.24. The molecule has 0 saturated heterocycles. The van der Waals surface area contributed by atoms with Gasteiger partial charge in [-0.1, -0.05) is 5.16 Å². The van der Waals surface area contributed by atoms with Gasteiger partial charge in [0.05, 0.1) is 6.61 Å². The Labute approximate surface area is 130 Å². The zero-order valence-corrected chi connectivity index (χ0v) is 13.9. The van der Waals surface area contributed by atoms with Crippen molar-refractivity contribution in [1.82, 2.24) is 20.8 Å². The van der Waals surface area contributed by atoms with Crippen LogP contribution in [0.5, 0.6) is 0 Å². The third-order valence-corrected chi connectivity index (χ3v) is 2.03. The van der Waals surface area contributed by atoms with E-state index < -0.39 is 0 Å². The van der Waals surface area contributed by atoms with Crippen LogP contribution in [0.25, 0.3) is 0 Å². The number of nitrogens with zero attached hydrogens (tertiary/aromatic N) is 3. The van der Waals surface area contributed by atoms with Gasteiger partial charge in [0.15, 0.2) is 11.8 Å². The molecule has 0 amide bonds. The predicted octanol–water partition coefficient (Wildman–Crippen LogP) is 1.09. The highest BCUT2D eigenvalue weighted by atomic mass is 127. The molecule has 0 unspecified atom stereocenters. The van der Waals surface area contributed by atoms with Crippen molar-refractivity contribution in [3.05, 3.63) is 11.7 Å². The smallest absolute Gasteiger partial charge is 0.248 e. The van der Waals surface area contributed by atoms with E-state index in [-0.39, 0.29) is 24.0 Å². The van der Waals surface area contributed by atoms with Crippen molar-refractivity contribution in [1.29, 1.82) is 0 Å². The molecule has 0 spiro atoms. The standard InChI is InChI=1S/C11H21N5O2.HI/c1-4-12-11(13-6-7-17-5-2)14-8-10-15-9(3)16-18-10;/h4-8H2,1-3H3,(H2,12,13,14);1H. The van der Waals surface area contributed by atoms with Gasteiger partial charge in [-0.25, -0.2) is 4.99 Å². The zero-order valence-electron chi connectivity index (χ0n) is 11.6. The second-order valence-electron chi connectivity index (χ2n) is 3.55. The van der Waals surface area contributed by atoms with Crippen LogP contribution in [0.15, 0.2) is 9.52 Å². The molecule has 0 atom stereocenters. The van der Waals surface area contributed by atoms with Crippen LogP contribution in [0.2, 0.25) is 0 Å². The predicted molar refractivity (Wildman–Crippen MR) is 83.8 cm³/mol. The molecule has 0 radical (unpaired) electrons.